The van der Waals surface area contributed by atoms with Crippen molar-refractivity contribution >= 4 is 17.6 Å². The molecule has 0 bridgehead atoms. The molecule has 0 aliphatic carbocycles. The molecule has 5 N–H and O–H groups in total. The molecule has 9 heteroatoms. The normalized spacial score (nSPS) is 15.4. The summed E-state index contributed by atoms with van der Waals surface area (Å²) in [5.41, 5.74) is 14.3. The number of benzene rings is 1. The Morgan fingerprint density at radius 1 is 1.07 bits per heavy atom. The molecule has 2 aromatic rings. The van der Waals surface area contributed by atoms with E-state index < -0.39 is 5.92 Å². The monoisotopic (exact) mass is 368 g/mol. The molecule has 1 aliphatic heterocycles. The number of fused-ring (bicyclic) bond motifs is 1. The molecule has 3 rings (SSSR count). The van der Waals surface area contributed by atoms with Crippen molar-refractivity contribution < 1.29 is 14.2 Å². The van der Waals surface area contributed by atoms with Crippen LogP contribution in [0.2, 0.25) is 0 Å². The molecule has 0 radical (unpaired) electrons. The van der Waals surface area contributed by atoms with Gasteiger partial charge in [-0.05, 0) is 24.6 Å². The lowest BCUT2D eigenvalue weighted by Crippen LogP contribution is -2.21. The van der Waals surface area contributed by atoms with Crippen LogP contribution in [0.15, 0.2) is 23.4 Å². The highest BCUT2D eigenvalue weighted by Gasteiger charge is 2.33. The van der Waals surface area contributed by atoms with Crippen molar-refractivity contribution in [1.82, 2.24) is 9.97 Å². The molecule has 2 heterocycles. The number of nitrogens with one attached hydrogen (secondary N) is 1. The number of allylic oxidation sites excluding steroid dienone is 2. The summed E-state index contributed by atoms with van der Waals surface area (Å²) in [6, 6.07) is 5.81. The maximum Gasteiger partial charge on any atom is 0.223 e. The lowest BCUT2D eigenvalue weighted by atomic mass is 9.82. The van der Waals surface area contributed by atoms with Gasteiger partial charge in [-0.3, -0.25) is 0 Å². The third-order valence-corrected chi connectivity index (χ3v) is 4.42. The van der Waals surface area contributed by atoms with E-state index in [-0.39, 0.29) is 11.8 Å². The molecule has 27 heavy (non-hydrogen) atoms. The number of ether oxygens (including phenoxy) is 3. The number of methoxy groups -OCH3 is 3. The molecule has 1 atom stereocenters. The van der Waals surface area contributed by atoms with Crippen LogP contribution in [0.4, 0.5) is 17.6 Å². The van der Waals surface area contributed by atoms with Crippen LogP contribution >= 0.6 is 0 Å². The number of hydrogen-bond acceptors (Lipinski definition) is 9. The Balaban J connectivity index is 2.32. The number of anilines is 3. The van der Waals surface area contributed by atoms with Gasteiger partial charge in [-0.25, -0.2) is 0 Å². The van der Waals surface area contributed by atoms with Crippen LogP contribution in [0.25, 0.3) is 0 Å². The second kappa shape index (κ2) is 6.92. The third kappa shape index (κ3) is 2.91. The highest BCUT2D eigenvalue weighted by Crippen LogP contribution is 2.47. The van der Waals surface area contributed by atoms with Crippen molar-refractivity contribution in [3.63, 3.8) is 0 Å². The van der Waals surface area contributed by atoms with Gasteiger partial charge in [0, 0.05) is 11.3 Å². The Bertz CT molecular complexity index is 955. The number of nitrogens with two attached hydrogens (primary N) is 2. The standard InChI is InChI=1S/C18H20N6O3/c1-8-10(7-19)13(14-16(20)23-18(21)24-17(14)22-8)9-5-11(25-2)15(27-4)12(6-9)26-3/h5-6,13H,1-4H3,(H5,20,21,22,23,24)/t13-/m1/s1. The zero-order valence-electron chi connectivity index (χ0n) is 15.5. The molecule has 1 aliphatic rings. The second-order valence-electron chi connectivity index (χ2n) is 5.90. The maximum absolute atomic E-state index is 9.78. The Labute approximate surface area is 156 Å². The molecule has 1 aromatic heterocycles. The van der Waals surface area contributed by atoms with Gasteiger partial charge in [0.2, 0.25) is 11.7 Å². The molecule has 140 valence electrons. The first-order valence-corrected chi connectivity index (χ1v) is 8.05. The van der Waals surface area contributed by atoms with Crippen LogP contribution < -0.4 is 31.0 Å². The molecule has 1 aromatic carbocycles. The minimum Gasteiger partial charge on any atom is -0.493 e. The van der Waals surface area contributed by atoms with E-state index in [1.165, 1.54) is 21.3 Å². The quantitative estimate of drug-likeness (QED) is 0.738. The maximum atomic E-state index is 9.78. The molecular formula is C18H20N6O3. The fourth-order valence-electron chi connectivity index (χ4n) is 3.24. The lowest BCUT2D eigenvalue weighted by molar-refractivity contribution is 0.323. The SMILES string of the molecule is COc1cc([C@@H]2C(C#N)=C(C)Nc3nc(N)nc(N)c32)cc(OC)c1OC. The molecule has 0 fully saturated rings. The van der Waals surface area contributed by atoms with Gasteiger partial charge in [0.25, 0.3) is 0 Å². The smallest absolute Gasteiger partial charge is 0.223 e. The lowest BCUT2D eigenvalue weighted by Gasteiger charge is -2.28. The average molecular weight is 368 g/mol. The van der Waals surface area contributed by atoms with Crippen LogP contribution in [0.5, 0.6) is 17.2 Å². The summed E-state index contributed by atoms with van der Waals surface area (Å²) in [7, 11) is 4.59. The molecule has 0 saturated carbocycles. The topological polar surface area (TPSA) is 141 Å². The van der Waals surface area contributed by atoms with E-state index in [0.29, 0.717) is 39.9 Å². The Morgan fingerprint density at radius 3 is 2.22 bits per heavy atom. The van der Waals surface area contributed by atoms with Crippen LogP contribution in [-0.4, -0.2) is 31.3 Å². The predicted molar refractivity (Wildman–Crippen MR) is 101 cm³/mol. The fourth-order valence-corrected chi connectivity index (χ4v) is 3.24. The van der Waals surface area contributed by atoms with Gasteiger partial charge in [-0.1, -0.05) is 0 Å². The van der Waals surface area contributed by atoms with Crippen molar-refractivity contribution in [3.8, 4) is 23.3 Å². The summed E-state index contributed by atoms with van der Waals surface area (Å²) in [5, 5.41) is 12.9. The third-order valence-electron chi connectivity index (χ3n) is 4.42. The van der Waals surface area contributed by atoms with Gasteiger partial charge in [0.15, 0.2) is 11.5 Å². The Kier molecular flexibility index (Phi) is 4.64. The van der Waals surface area contributed by atoms with Crippen molar-refractivity contribution in [2.45, 2.75) is 12.8 Å². The summed E-state index contributed by atoms with van der Waals surface area (Å²) in [6.07, 6.45) is 0. The van der Waals surface area contributed by atoms with E-state index in [1.54, 1.807) is 19.1 Å². The first-order valence-electron chi connectivity index (χ1n) is 8.05. The van der Waals surface area contributed by atoms with Gasteiger partial charge in [0.1, 0.15) is 11.6 Å². The largest absolute Gasteiger partial charge is 0.493 e. The second-order valence-corrected chi connectivity index (χ2v) is 5.90. The first-order chi connectivity index (χ1) is 12.9. The van der Waals surface area contributed by atoms with Gasteiger partial charge in [0.05, 0.1) is 38.9 Å². The van der Waals surface area contributed by atoms with Gasteiger partial charge >= 0.3 is 0 Å². The molecule has 9 nitrogen and oxygen atoms in total. The number of nitrogen functional groups attached to an aromatic ring is 2. The van der Waals surface area contributed by atoms with Gasteiger partial charge < -0.3 is 31.0 Å². The van der Waals surface area contributed by atoms with Gasteiger partial charge in [-0.2, -0.15) is 15.2 Å². The van der Waals surface area contributed by atoms with Crippen LogP contribution in [0.3, 0.4) is 0 Å². The summed E-state index contributed by atoms with van der Waals surface area (Å²) < 4.78 is 16.3. The number of nitriles is 1. The highest BCUT2D eigenvalue weighted by molar-refractivity contribution is 5.72. The van der Waals surface area contributed by atoms with Crippen LogP contribution in [0, 0.1) is 11.3 Å². The van der Waals surface area contributed by atoms with Crippen LogP contribution in [-0.2, 0) is 0 Å². The molecule has 0 amide bonds. The Morgan fingerprint density at radius 2 is 1.70 bits per heavy atom. The van der Waals surface area contributed by atoms with E-state index >= 15 is 0 Å². The van der Waals surface area contributed by atoms with Crippen molar-refractivity contribution in [2.24, 2.45) is 0 Å². The summed E-state index contributed by atoms with van der Waals surface area (Å²) >= 11 is 0. The number of hydrogen-bond donors (Lipinski definition) is 3. The molecular weight excluding hydrogens is 348 g/mol. The van der Waals surface area contributed by atoms with E-state index in [9.17, 15) is 5.26 Å². The average Bonchev–Trinajstić information content (AvgIpc) is 2.65. The predicted octanol–water partition coefficient (Wildman–Crippen LogP) is 2.02. The van der Waals surface area contributed by atoms with Crippen molar-refractivity contribution in [3.05, 3.63) is 34.5 Å². The van der Waals surface area contributed by atoms with E-state index in [2.05, 4.69) is 21.4 Å². The molecule has 0 unspecified atom stereocenters. The van der Waals surface area contributed by atoms with E-state index in [1.807, 2.05) is 0 Å². The minimum absolute atomic E-state index is 0.0515. The number of aromatic nitrogens is 2. The molecule has 0 spiro atoms. The van der Waals surface area contributed by atoms with E-state index in [4.69, 9.17) is 25.7 Å². The van der Waals surface area contributed by atoms with Crippen LogP contribution in [0.1, 0.15) is 24.0 Å². The minimum atomic E-state index is -0.513. The zero-order valence-corrected chi connectivity index (χ0v) is 15.5. The summed E-state index contributed by atoms with van der Waals surface area (Å²) in [5.74, 6) is 1.60. The first kappa shape index (κ1) is 18.1. The van der Waals surface area contributed by atoms with Gasteiger partial charge in [-0.15, -0.1) is 0 Å². The fraction of sp³-hybridized carbons (Fsp3) is 0.278. The number of nitrogens with zero attached hydrogens (tertiary/aromatic N) is 3. The van der Waals surface area contributed by atoms with Crippen molar-refractivity contribution in [1.29, 1.82) is 5.26 Å². The molecule has 0 saturated heterocycles. The summed E-state index contributed by atoms with van der Waals surface area (Å²) in [4.78, 5) is 8.29. The number of rotatable bonds is 4. The highest BCUT2D eigenvalue weighted by atomic mass is 16.5. The zero-order chi connectivity index (χ0) is 19.7. The van der Waals surface area contributed by atoms with Crippen molar-refractivity contribution in [2.75, 3.05) is 38.1 Å². The summed E-state index contributed by atoms with van der Waals surface area (Å²) in [6.45, 7) is 1.79. The Hall–Kier alpha value is -3.67. The van der Waals surface area contributed by atoms with E-state index in [0.717, 1.165) is 5.56 Å².